The molecular weight excluding hydrogens is 438 g/mol. The van der Waals surface area contributed by atoms with Crippen molar-refractivity contribution >= 4 is 16.8 Å². The van der Waals surface area contributed by atoms with E-state index < -0.39 is 6.17 Å². The number of piperidine rings is 1. The van der Waals surface area contributed by atoms with Crippen LogP contribution in [-0.4, -0.2) is 35.7 Å². The van der Waals surface area contributed by atoms with Crippen LogP contribution in [0.3, 0.4) is 0 Å². The Balaban J connectivity index is 1.55. The maximum atomic E-state index is 14.9. The van der Waals surface area contributed by atoms with Crippen molar-refractivity contribution in [3.63, 3.8) is 0 Å². The number of nitrogens with one attached hydrogen (secondary N) is 1. The number of hydrogen-bond donors (Lipinski definition) is 2. The number of rotatable bonds is 9. The number of likely N-dealkylation sites (tertiary alicyclic amines) is 1. The first-order valence-electron chi connectivity index (χ1n) is 11.9. The quantitative estimate of drug-likeness (QED) is 0.300. The lowest BCUT2D eigenvalue weighted by molar-refractivity contribution is 0.275. The SMILES string of the molecule is C=C(NCCC/C=C(F)\C(=C/C(C)F)N1CCCCC1)C1=C(N)C2=CC=C(C)N=C(CC2)S1. The van der Waals surface area contributed by atoms with E-state index in [1.165, 1.54) is 13.0 Å². The Morgan fingerprint density at radius 2 is 2.06 bits per heavy atom. The molecule has 33 heavy (non-hydrogen) atoms. The van der Waals surface area contributed by atoms with Crippen molar-refractivity contribution in [1.82, 2.24) is 10.2 Å². The highest BCUT2D eigenvalue weighted by Gasteiger charge is 2.21. The lowest BCUT2D eigenvalue weighted by Gasteiger charge is -2.30. The minimum absolute atomic E-state index is 0.330. The highest BCUT2D eigenvalue weighted by molar-refractivity contribution is 8.17. The van der Waals surface area contributed by atoms with Crippen molar-refractivity contribution in [1.29, 1.82) is 0 Å². The Morgan fingerprint density at radius 1 is 1.30 bits per heavy atom. The average molecular weight is 475 g/mol. The molecule has 0 aliphatic carbocycles. The highest BCUT2D eigenvalue weighted by atomic mass is 32.2. The van der Waals surface area contributed by atoms with Crippen LogP contribution in [0.4, 0.5) is 8.78 Å². The first-order chi connectivity index (χ1) is 15.8. The van der Waals surface area contributed by atoms with Gasteiger partial charge in [0.05, 0.1) is 21.3 Å². The molecule has 180 valence electrons. The molecule has 1 saturated heterocycles. The smallest absolute Gasteiger partial charge is 0.142 e. The zero-order valence-electron chi connectivity index (χ0n) is 19.8. The average Bonchev–Trinajstić information content (AvgIpc) is 2.90. The molecular formula is C26H36F2N4S. The maximum Gasteiger partial charge on any atom is 0.142 e. The van der Waals surface area contributed by atoms with Crippen molar-refractivity contribution in [2.75, 3.05) is 19.6 Å². The number of nitrogens with two attached hydrogens (primary N) is 1. The zero-order valence-corrected chi connectivity index (χ0v) is 20.6. The Morgan fingerprint density at radius 3 is 2.79 bits per heavy atom. The Hall–Kier alpha value is -2.28. The number of aliphatic imine (C=N–C) groups is 1. The van der Waals surface area contributed by atoms with Gasteiger partial charge in [0, 0.05) is 37.4 Å². The van der Waals surface area contributed by atoms with Gasteiger partial charge in [-0.05, 0) is 76.2 Å². The first-order valence-corrected chi connectivity index (χ1v) is 12.7. The van der Waals surface area contributed by atoms with E-state index in [1.807, 2.05) is 24.0 Å². The zero-order chi connectivity index (χ0) is 23.8. The van der Waals surface area contributed by atoms with Crippen LogP contribution in [0.25, 0.3) is 0 Å². The maximum absolute atomic E-state index is 14.9. The van der Waals surface area contributed by atoms with Gasteiger partial charge in [-0.2, -0.15) is 0 Å². The molecule has 0 aromatic rings. The van der Waals surface area contributed by atoms with Gasteiger partial charge in [0.2, 0.25) is 0 Å². The number of hydrogen-bond acceptors (Lipinski definition) is 5. The Labute approximate surface area is 201 Å². The summed E-state index contributed by atoms with van der Waals surface area (Å²) in [6.07, 6.45) is 12.0. The van der Waals surface area contributed by atoms with E-state index in [1.54, 1.807) is 17.8 Å². The molecule has 0 saturated carbocycles. The van der Waals surface area contributed by atoms with Crippen LogP contribution in [0, 0.1) is 0 Å². The normalized spacial score (nSPS) is 21.0. The van der Waals surface area contributed by atoms with Gasteiger partial charge in [-0.25, -0.2) is 8.78 Å². The fourth-order valence-corrected chi connectivity index (χ4v) is 5.19. The van der Waals surface area contributed by atoms with Crippen LogP contribution in [-0.2, 0) is 0 Å². The van der Waals surface area contributed by atoms with Crippen LogP contribution in [0.2, 0.25) is 0 Å². The fourth-order valence-electron chi connectivity index (χ4n) is 4.12. The molecule has 2 bridgehead atoms. The van der Waals surface area contributed by atoms with Crippen LogP contribution in [0.15, 0.2) is 75.0 Å². The van der Waals surface area contributed by atoms with Crippen molar-refractivity contribution in [3.8, 4) is 0 Å². The second kappa shape index (κ2) is 12.3. The summed E-state index contributed by atoms with van der Waals surface area (Å²) in [6, 6.07) is 0. The lowest BCUT2D eigenvalue weighted by atomic mass is 10.0. The second-order valence-electron chi connectivity index (χ2n) is 8.73. The topological polar surface area (TPSA) is 53.6 Å². The van der Waals surface area contributed by atoms with E-state index in [-0.39, 0.29) is 5.83 Å². The summed E-state index contributed by atoms with van der Waals surface area (Å²) in [6.45, 7) is 9.82. The standard InChI is InChI=1S/C26H36F2N4S/c1-18(27)17-23(32-15-7-4-8-16-32)22(28)9-5-6-14-30-20(3)26-25(29)21-11-10-19(2)31-24(33-26)13-12-21/h9-11,17-18,30H,3-8,12-16,29H2,1-2H3/b19-10?,21-11?,22-9+,23-17+,31-24?. The third-order valence-corrected chi connectivity index (χ3v) is 7.09. The molecule has 3 rings (SSSR count). The molecule has 0 radical (unpaired) electrons. The number of thioether (sulfide) groups is 1. The number of halogens is 2. The summed E-state index contributed by atoms with van der Waals surface area (Å²) in [5, 5.41) is 4.38. The van der Waals surface area contributed by atoms with E-state index >= 15 is 0 Å². The summed E-state index contributed by atoms with van der Waals surface area (Å²) in [5.41, 5.74) is 10.4. The number of allylic oxidation sites excluding steroid dienone is 7. The molecule has 1 unspecified atom stereocenters. The third kappa shape index (κ3) is 7.36. The minimum atomic E-state index is -1.18. The molecule has 7 heteroatoms. The summed E-state index contributed by atoms with van der Waals surface area (Å²) in [7, 11) is 0. The predicted octanol–water partition coefficient (Wildman–Crippen LogP) is 6.39. The van der Waals surface area contributed by atoms with Gasteiger partial charge in [-0.1, -0.05) is 24.4 Å². The summed E-state index contributed by atoms with van der Waals surface area (Å²) >= 11 is 1.58. The van der Waals surface area contributed by atoms with Gasteiger partial charge < -0.3 is 16.0 Å². The molecule has 3 N–H and O–H groups in total. The Bertz CT molecular complexity index is 919. The number of fused-ring (bicyclic) bond motifs is 3. The van der Waals surface area contributed by atoms with Crippen molar-refractivity contribution in [2.45, 2.75) is 65.0 Å². The molecule has 3 aliphatic rings. The highest BCUT2D eigenvalue weighted by Crippen LogP contribution is 2.36. The molecule has 4 nitrogen and oxygen atoms in total. The molecule has 0 aromatic heterocycles. The van der Waals surface area contributed by atoms with E-state index in [0.29, 0.717) is 18.7 Å². The minimum Gasteiger partial charge on any atom is -0.398 e. The van der Waals surface area contributed by atoms with E-state index in [4.69, 9.17) is 5.73 Å². The largest absolute Gasteiger partial charge is 0.398 e. The molecule has 1 atom stereocenters. The second-order valence-corrected chi connectivity index (χ2v) is 9.81. The monoisotopic (exact) mass is 474 g/mol. The molecule has 3 aliphatic heterocycles. The van der Waals surface area contributed by atoms with E-state index in [9.17, 15) is 8.78 Å². The summed E-state index contributed by atoms with van der Waals surface area (Å²) in [5.74, 6) is -0.330. The predicted molar refractivity (Wildman–Crippen MR) is 137 cm³/mol. The van der Waals surface area contributed by atoms with Crippen molar-refractivity contribution in [3.05, 3.63) is 70.0 Å². The number of alkyl halides is 1. The number of unbranched alkanes of at least 4 members (excludes halogenated alkanes) is 1. The van der Waals surface area contributed by atoms with Crippen LogP contribution >= 0.6 is 11.8 Å². The molecule has 0 aromatic carbocycles. The lowest BCUT2D eigenvalue weighted by Crippen LogP contribution is -2.30. The summed E-state index contributed by atoms with van der Waals surface area (Å²) in [4.78, 5) is 7.56. The van der Waals surface area contributed by atoms with E-state index in [2.05, 4.69) is 16.9 Å². The molecule has 1 fully saturated rings. The van der Waals surface area contributed by atoms with Gasteiger partial charge in [0.1, 0.15) is 12.0 Å². The Kier molecular flexibility index (Phi) is 9.41. The van der Waals surface area contributed by atoms with Gasteiger partial charge in [0.15, 0.2) is 0 Å². The first kappa shape index (κ1) is 25.3. The third-order valence-electron chi connectivity index (χ3n) is 5.89. The van der Waals surface area contributed by atoms with Crippen molar-refractivity contribution in [2.24, 2.45) is 10.7 Å². The van der Waals surface area contributed by atoms with Gasteiger partial charge in [-0.3, -0.25) is 4.99 Å². The summed E-state index contributed by atoms with van der Waals surface area (Å²) < 4.78 is 28.5. The van der Waals surface area contributed by atoms with Crippen LogP contribution < -0.4 is 11.1 Å². The molecule has 3 heterocycles. The van der Waals surface area contributed by atoms with Crippen LogP contribution in [0.5, 0.6) is 0 Å². The fraction of sp³-hybridized carbons (Fsp3) is 0.500. The number of nitrogens with zero attached hydrogens (tertiary/aromatic N) is 2. The van der Waals surface area contributed by atoms with Crippen molar-refractivity contribution < 1.29 is 8.78 Å². The van der Waals surface area contributed by atoms with Gasteiger partial charge in [0.25, 0.3) is 0 Å². The van der Waals surface area contributed by atoms with Gasteiger partial charge >= 0.3 is 0 Å². The molecule has 0 spiro atoms. The van der Waals surface area contributed by atoms with Crippen LogP contribution in [0.1, 0.15) is 58.8 Å². The molecule has 0 amide bonds. The van der Waals surface area contributed by atoms with Gasteiger partial charge in [-0.15, -0.1) is 0 Å². The van der Waals surface area contributed by atoms with E-state index in [0.717, 1.165) is 84.2 Å².